The van der Waals surface area contributed by atoms with Crippen molar-refractivity contribution < 1.29 is 9.72 Å². The molecular weight excluding hydrogens is 348 g/mol. The average molecular weight is 361 g/mol. The number of nitrogens with zero attached hydrogens (tertiary/aromatic N) is 1. The third-order valence-corrected chi connectivity index (χ3v) is 3.55. The van der Waals surface area contributed by atoms with Crippen molar-refractivity contribution in [2.75, 3.05) is 5.32 Å². The number of hydrogen-bond acceptors (Lipinski definition) is 3. The number of amides is 1. The largest absolute Gasteiger partial charge is 0.321 e. The van der Waals surface area contributed by atoms with Gasteiger partial charge in [-0.15, -0.1) is 0 Å². The molecule has 0 aromatic heterocycles. The predicted octanol–water partition coefficient (Wildman–Crippen LogP) is 4.32. The quantitative estimate of drug-likeness (QED) is 0.501. The zero-order chi connectivity index (χ0) is 16.1. The van der Waals surface area contributed by atoms with E-state index < -0.39 is 4.92 Å². The molecule has 2 aromatic carbocycles. The van der Waals surface area contributed by atoms with Crippen LogP contribution in [0, 0.1) is 17.0 Å². The van der Waals surface area contributed by atoms with Gasteiger partial charge in [0.2, 0.25) is 5.91 Å². The minimum absolute atomic E-state index is 0.0103. The van der Waals surface area contributed by atoms with Gasteiger partial charge in [-0.1, -0.05) is 18.2 Å². The van der Waals surface area contributed by atoms with Crippen molar-refractivity contribution >= 4 is 39.3 Å². The molecule has 22 heavy (non-hydrogen) atoms. The molecule has 0 aliphatic heterocycles. The second-order valence-electron chi connectivity index (χ2n) is 4.66. The minimum Gasteiger partial charge on any atom is -0.321 e. The van der Waals surface area contributed by atoms with E-state index in [1.807, 2.05) is 19.1 Å². The molecule has 0 fully saturated rings. The van der Waals surface area contributed by atoms with Gasteiger partial charge in [-0.25, -0.2) is 0 Å². The monoisotopic (exact) mass is 360 g/mol. The molecule has 6 heteroatoms. The average Bonchev–Trinajstić information content (AvgIpc) is 2.48. The van der Waals surface area contributed by atoms with Crippen molar-refractivity contribution in [2.45, 2.75) is 6.92 Å². The summed E-state index contributed by atoms with van der Waals surface area (Å²) in [4.78, 5) is 22.1. The SMILES string of the molecule is Cc1ccc(NC(=O)/C=C/c2cccc([N+](=O)[O-])c2)c(Br)c1. The predicted molar refractivity (Wildman–Crippen MR) is 89.6 cm³/mol. The smallest absolute Gasteiger partial charge is 0.270 e. The Morgan fingerprint density at radius 3 is 2.73 bits per heavy atom. The highest BCUT2D eigenvalue weighted by Gasteiger charge is 2.05. The maximum Gasteiger partial charge on any atom is 0.270 e. The number of hydrogen-bond donors (Lipinski definition) is 1. The van der Waals surface area contributed by atoms with Crippen LogP contribution in [0.25, 0.3) is 6.08 Å². The molecule has 0 saturated heterocycles. The summed E-state index contributed by atoms with van der Waals surface area (Å²) in [5.41, 5.74) is 2.33. The summed E-state index contributed by atoms with van der Waals surface area (Å²) in [7, 11) is 0. The molecule has 0 saturated carbocycles. The van der Waals surface area contributed by atoms with Crippen molar-refractivity contribution in [1.29, 1.82) is 0 Å². The Balaban J connectivity index is 2.08. The third kappa shape index (κ3) is 4.26. The van der Waals surface area contributed by atoms with Crippen LogP contribution in [0.3, 0.4) is 0 Å². The van der Waals surface area contributed by atoms with E-state index in [9.17, 15) is 14.9 Å². The van der Waals surface area contributed by atoms with E-state index >= 15 is 0 Å². The zero-order valence-electron chi connectivity index (χ0n) is 11.7. The Morgan fingerprint density at radius 2 is 2.05 bits per heavy atom. The molecule has 0 radical (unpaired) electrons. The topological polar surface area (TPSA) is 72.2 Å². The highest BCUT2D eigenvalue weighted by atomic mass is 79.9. The van der Waals surface area contributed by atoms with E-state index in [1.54, 1.807) is 18.2 Å². The number of benzene rings is 2. The second kappa shape index (κ2) is 7.00. The fourth-order valence-corrected chi connectivity index (χ4v) is 2.40. The molecule has 2 aromatic rings. The number of carbonyl (C=O) groups excluding carboxylic acids is 1. The van der Waals surface area contributed by atoms with Gasteiger partial charge in [-0.3, -0.25) is 14.9 Å². The molecule has 0 unspecified atom stereocenters. The summed E-state index contributed by atoms with van der Waals surface area (Å²) < 4.78 is 0.796. The number of nitro groups is 1. The Labute approximate surface area is 135 Å². The van der Waals surface area contributed by atoms with Gasteiger partial charge in [0.05, 0.1) is 10.6 Å². The number of aryl methyl sites for hydroxylation is 1. The first-order valence-electron chi connectivity index (χ1n) is 6.45. The van der Waals surface area contributed by atoms with Crippen LogP contribution in [0.2, 0.25) is 0 Å². The van der Waals surface area contributed by atoms with Crippen LogP contribution in [0.15, 0.2) is 53.0 Å². The molecule has 1 N–H and O–H groups in total. The summed E-state index contributed by atoms with van der Waals surface area (Å²) in [6.07, 6.45) is 2.87. The number of non-ortho nitro benzene ring substituents is 1. The van der Waals surface area contributed by atoms with E-state index in [-0.39, 0.29) is 11.6 Å². The highest BCUT2D eigenvalue weighted by Crippen LogP contribution is 2.23. The lowest BCUT2D eigenvalue weighted by atomic mass is 10.2. The Morgan fingerprint density at radius 1 is 1.27 bits per heavy atom. The normalized spacial score (nSPS) is 10.6. The Bertz CT molecular complexity index is 757. The molecule has 1 amide bonds. The van der Waals surface area contributed by atoms with E-state index in [0.29, 0.717) is 11.3 Å². The van der Waals surface area contributed by atoms with Crippen LogP contribution in [-0.4, -0.2) is 10.8 Å². The van der Waals surface area contributed by atoms with Crippen LogP contribution in [-0.2, 0) is 4.79 Å². The second-order valence-corrected chi connectivity index (χ2v) is 5.51. The van der Waals surface area contributed by atoms with Crippen LogP contribution in [0.1, 0.15) is 11.1 Å². The first-order valence-corrected chi connectivity index (χ1v) is 7.24. The maximum absolute atomic E-state index is 11.9. The van der Waals surface area contributed by atoms with Crippen molar-refractivity contribution in [3.63, 3.8) is 0 Å². The number of rotatable bonds is 4. The van der Waals surface area contributed by atoms with Gasteiger partial charge >= 0.3 is 0 Å². The summed E-state index contributed by atoms with van der Waals surface area (Å²) in [6, 6.07) is 11.7. The molecule has 0 heterocycles. The Hall–Kier alpha value is -2.47. The number of halogens is 1. The fourth-order valence-electron chi connectivity index (χ4n) is 1.81. The van der Waals surface area contributed by atoms with Crippen LogP contribution < -0.4 is 5.32 Å². The number of anilines is 1. The summed E-state index contributed by atoms with van der Waals surface area (Å²) in [5.74, 6) is -0.309. The van der Waals surface area contributed by atoms with Crippen LogP contribution in [0.5, 0.6) is 0 Å². The van der Waals surface area contributed by atoms with Gasteiger partial charge in [-0.2, -0.15) is 0 Å². The maximum atomic E-state index is 11.9. The lowest BCUT2D eigenvalue weighted by Gasteiger charge is -2.05. The minimum atomic E-state index is -0.471. The van der Waals surface area contributed by atoms with E-state index in [0.717, 1.165) is 10.0 Å². The number of nitrogens with one attached hydrogen (secondary N) is 1. The number of carbonyl (C=O) groups is 1. The number of nitro benzene ring substituents is 1. The van der Waals surface area contributed by atoms with Crippen molar-refractivity contribution in [3.8, 4) is 0 Å². The highest BCUT2D eigenvalue weighted by molar-refractivity contribution is 9.10. The first kappa shape index (κ1) is 15.9. The van der Waals surface area contributed by atoms with E-state index in [2.05, 4.69) is 21.2 Å². The van der Waals surface area contributed by atoms with Crippen molar-refractivity contribution in [3.05, 3.63) is 74.3 Å². The molecule has 0 spiro atoms. The molecule has 0 atom stereocenters. The van der Waals surface area contributed by atoms with Crippen molar-refractivity contribution in [2.24, 2.45) is 0 Å². The Kier molecular flexibility index (Phi) is 5.06. The van der Waals surface area contributed by atoms with Gasteiger partial charge in [0, 0.05) is 22.7 Å². The zero-order valence-corrected chi connectivity index (χ0v) is 13.3. The molecule has 0 bridgehead atoms. The first-order chi connectivity index (χ1) is 10.5. The molecule has 2 rings (SSSR count). The third-order valence-electron chi connectivity index (χ3n) is 2.89. The van der Waals surface area contributed by atoms with Crippen molar-refractivity contribution in [1.82, 2.24) is 0 Å². The fraction of sp³-hybridized carbons (Fsp3) is 0.0625. The standard InChI is InChI=1S/C16H13BrN2O3/c1-11-5-7-15(14(17)9-11)18-16(20)8-6-12-3-2-4-13(10-12)19(21)22/h2-10H,1H3,(H,18,20)/b8-6+. The van der Waals surface area contributed by atoms with Gasteiger partial charge in [0.1, 0.15) is 0 Å². The molecular formula is C16H13BrN2O3. The lowest BCUT2D eigenvalue weighted by Crippen LogP contribution is -2.08. The molecule has 5 nitrogen and oxygen atoms in total. The molecule has 112 valence electrons. The van der Waals surface area contributed by atoms with Gasteiger partial charge in [0.25, 0.3) is 5.69 Å². The van der Waals surface area contributed by atoms with Crippen LogP contribution >= 0.6 is 15.9 Å². The van der Waals surface area contributed by atoms with Gasteiger partial charge in [0.15, 0.2) is 0 Å². The molecule has 0 aliphatic rings. The van der Waals surface area contributed by atoms with Crippen LogP contribution in [0.4, 0.5) is 11.4 Å². The summed E-state index contributed by atoms with van der Waals surface area (Å²) >= 11 is 3.38. The summed E-state index contributed by atoms with van der Waals surface area (Å²) in [6.45, 7) is 1.96. The molecule has 0 aliphatic carbocycles. The van der Waals surface area contributed by atoms with E-state index in [1.165, 1.54) is 24.3 Å². The van der Waals surface area contributed by atoms with E-state index in [4.69, 9.17) is 0 Å². The van der Waals surface area contributed by atoms with Gasteiger partial charge in [-0.05, 0) is 52.2 Å². The summed E-state index contributed by atoms with van der Waals surface area (Å²) in [5, 5.41) is 13.4. The lowest BCUT2D eigenvalue weighted by molar-refractivity contribution is -0.384. The van der Waals surface area contributed by atoms with Gasteiger partial charge < -0.3 is 5.32 Å².